The van der Waals surface area contributed by atoms with Gasteiger partial charge in [-0.15, -0.1) is 0 Å². The lowest BCUT2D eigenvalue weighted by Crippen LogP contribution is -2.35. The summed E-state index contributed by atoms with van der Waals surface area (Å²) < 4.78 is 0. The molecule has 15 heavy (non-hydrogen) atoms. The minimum Gasteiger partial charge on any atom is -0.311 e. The van der Waals surface area contributed by atoms with Crippen molar-refractivity contribution in [2.45, 2.75) is 45.7 Å². The van der Waals surface area contributed by atoms with E-state index in [1.807, 2.05) is 12.1 Å². The predicted molar refractivity (Wildman–Crippen MR) is 67.5 cm³/mol. The SMILES string of the molecule is CCC(C)NC(C)Cc1ccc(Cl)cc1. The average molecular weight is 226 g/mol. The van der Waals surface area contributed by atoms with Crippen molar-refractivity contribution in [1.82, 2.24) is 5.32 Å². The Hall–Kier alpha value is -0.530. The van der Waals surface area contributed by atoms with E-state index in [2.05, 4.69) is 38.2 Å². The molecule has 0 fully saturated rings. The standard InChI is InChI=1S/C13H20ClN/c1-4-10(2)15-11(3)9-12-5-7-13(14)8-6-12/h5-8,10-11,15H,4,9H2,1-3H3. The number of rotatable bonds is 5. The van der Waals surface area contributed by atoms with Crippen molar-refractivity contribution in [3.8, 4) is 0 Å². The lowest BCUT2D eigenvalue weighted by atomic mass is 10.1. The monoisotopic (exact) mass is 225 g/mol. The molecule has 0 aliphatic carbocycles. The summed E-state index contributed by atoms with van der Waals surface area (Å²) in [6.07, 6.45) is 2.23. The Morgan fingerprint density at radius 2 is 1.73 bits per heavy atom. The molecule has 0 radical (unpaired) electrons. The minimum atomic E-state index is 0.515. The van der Waals surface area contributed by atoms with Crippen LogP contribution in [-0.4, -0.2) is 12.1 Å². The van der Waals surface area contributed by atoms with Crippen LogP contribution >= 0.6 is 11.6 Å². The van der Waals surface area contributed by atoms with Gasteiger partial charge in [0.05, 0.1) is 0 Å². The highest BCUT2D eigenvalue weighted by Gasteiger charge is 2.06. The number of halogens is 1. The van der Waals surface area contributed by atoms with Crippen LogP contribution in [0.25, 0.3) is 0 Å². The highest BCUT2D eigenvalue weighted by Crippen LogP contribution is 2.11. The molecule has 1 aromatic rings. The second kappa shape index (κ2) is 6.14. The van der Waals surface area contributed by atoms with E-state index in [-0.39, 0.29) is 0 Å². The Balaban J connectivity index is 2.44. The van der Waals surface area contributed by atoms with Gasteiger partial charge >= 0.3 is 0 Å². The molecule has 0 aromatic heterocycles. The largest absolute Gasteiger partial charge is 0.311 e. The number of hydrogen-bond donors (Lipinski definition) is 1. The first-order chi connectivity index (χ1) is 7.11. The van der Waals surface area contributed by atoms with E-state index < -0.39 is 0 Å². The summed E-state index contributed by atoms with van der Waals surface area (Å²) in [6.45, 7) is 6.64. The second-order valence-corrected chi connectivity index (χ2v) is 4.64. The maximum absolute atomic E-state index is 5.84. The van der Waals surface area contributed by atoms with Gasteiger partial charge in [-0.05, 0) is 44.4 Å². The molecular weight excluding hydrogens is 206 g/mol. The lowest BCUT2D eigenvalue weighted by Gasteiger charge is -2.18. The van der Waals surface area contributed by atoms with Crippen LogP contribution < -0.4 is 5.32 Å². The van der Waals surface area contributed by atoms with Gasteiger partial charge in [0.2, 0.25) is 0 Å². The molecule has 0 saturated heterocycles. The van der Waals surface area contributed by atoms with Crippen molar-refractivity contribution in [2.24, 2.45) is 0 Å². The zero-order chi connectivity index (χ0) is 11.3. The van der Waals surface area contributed by atoms with Gasteiger partial charge in [0.1, 0.15) is 0 Å². The Bertz CT molecular complexity index is 281. The van der Waals surface area contributed by atoms with Crippen LogP contribution in [0.4, 0.5) is 0 Å². The summed E-state index contributed by atoms with van der Waals surface area (Å²) >= 11 is 5.84. The number of hydrogen-bond acceptors (Lipinski definition) is 1. The van der Waals surface area contributed by atoms with Crippen LogP contribution in [0.2, 0.25) is 5.02 Å². The predicted octanol–water partition coefficient (Wildman–Crippen LogP) is 3.66. The first-order valence-electron chi connectivity index (χ1n) is 5.62. The molecule has 2 atom stereocenters. The van der Waals surface area contributed by atoms with Crippen molar-refractivity contribution >= 4 is 11.6 Å². The highest BCUT2D eigenvalue weighted by molar-refractivity contribution is 6.30. The fourth-order valence-electron chi connectivity index (χ4n) is 1.64. The smallest absolute Gasteiger partial charge is 0.0406 e. The topological polar surface area (TPSA) is 12.0 Å². The van der Waals surface area contributed by atoms with Crippen molar-refractivity contribution in [3.63, 3.8) is 0 Å². The van der Waals surface area contributed by atoms with E-state index >= 15 is 0 Å². The number of nitrogens with one attached hydrogen (secondary N) is 1. The molecule has 0 aliphatic heterocycles. The molecule has 2 heteroatoms. The second-order valence-electron chi connectivity index (χ2n) is 4.21. The Kier molecular flexibility index (Phi) is 5.13. The van der Waals surface area contributed by atoms with E-state index in [0.29, 0.717) is 12.1 Å². The third kappa shape index (κ3) is 4.67. The maximum atomic E-state index is 5.84. The normalized spacial score (nSPS) is 14.9. The molecule has 0 saturated carbocycles. The van der Waals surface area contributed by atoms with Crippen molar-refractivity contribution < 1.29 is 0 Å². The molecule has 1 rings (SSSR count). The van der Waals surface area contributed by atoms with Crippen molar-refractivity contribution in [2.75, 3.05) is 0 Å². The molecule has 0 spiro atoms. The van der Waals surface area contributed by atoms with Crippen molar-refractivity contribution in [3.05, 3.63) is 34.9 Å². The molecule has 1 aromatic carbocycles. The van der Waals surface area contributed by atoms with Gasteiger partial charge in [0, 0.05) is 17.1 Å². The summed E-state index contributed by atoms with van der Waals surface area (Å²) in [4.78, 5) is 0. The van der Waals surface area contributed by atoms with Crippen molar-refractivity contribution in [1.29, 1.82) is 0 Å². The summed E-state index contributed by atoms with van der Waals surface area (Å²) in [7, 11) is 0. The fourth-order valence-corrected chi connectivity index (χ4v) is 1.76. The summed E-state index contributed by atoms with van der Waals surface area (Å²) in [5.74, 6) is 0. The molecule has 1 nitrogen and oxygen atoms in total. The van der Waals surface area contributed by atoms with E-state index in [9.17, 15) is 0 Å². The third-order valence-electron chi connectivity index (χ3n) is 2.64. The summed E-state index contributed by atoms with van der Waals surface area (Å²) in [6, 6.07) is 9.20. The number of benzene rings is 1. The van der Waals surface area contributed by atoms with Gasteiger partial charge in [0.25, 0.3) is 0 Å². The Morgan fingerprint density at radius 1 is 1.13 bits per heavy atom. The van der Waals surface area contributed by atoms with Gasteiger partial charge in [0.15, 0.2) is 0 Å². The molecule has 0 heterocycles. The van der Waals surface area contributed by atoms with Crippen LogP contribution in [-0.2, 0) is 6.42 Å². The Morgan fingerprint density at radius 3 is 2.27 bits per heavy atom. The van der Waals surface area contributed by atoms with Crippen LogP contribution in [0.3, 0.4) is 0 Å². The van der Waals surface area contributed by atoms with E-state index in [1.165, 1.54) is 12.0 Å². The summed E-state index contributed by atoms with van der Waals surface area (Å²) in [5, 5.41) is 4.37. The Labute approximate surface area is 97.8 Å². The van der Waals surface area contributed by atoms with Crippen LogP contribution in [0.15, 0.2) is 24.3 Å². The van der Waals surface area contributed by atoms with E-state index in [4.69, 9.17) is 11.6 Å². The van der Waals surface area contributed by atoms with Crippen LogP contribution in [0.1, 0.15) is 32.8 Å². The molecule has 1 N–H and O–H groups in total. The minimum absolute atomic E-state index is 0.515. The first-order valence-corrected chi connectivity index (χ1v) is 6.00. The molecule has 0 bridgehead atoms. The van der Waals surface area contributed by atoms with Gasteiger partial charge in [-0.3, -0.25) is 0 Å². The molecule has 0 aliphatic rings. The average Bonchev–Trinajstić information content (AvgIpc) is 2.21. The highest BCUT2D eigenvalue weighted by atomic mass is 35.5. The van der Waals surface area contributed by atoms with Gasteiger partial charge in [-0.25, -0.2) is 0 Å². The molecule has 0 amide bonds. The maximum Gasteiger partial charge on any atom is 0.0406 e. The zero-order valence-corrected chi connectivity index (χ0v) is 10.5. The van der Waals surface area contributed by atoms with Gasteiger partial charge in [-0.2, -0.15) is 0 Å². The van der Waals surface area contributed by atoms with Gasteiger partial charge < -0.3 is 5.32 Å². The molecule has 84 valence electrons. The van der Waals surface area contributed by atoms with Gasteiger partial charge in [-0.1, -0.05) is 30.7 Å². The third-order valence-corrected chi connectivity index (χ3v) is 2.89. The van der Waals surface area contributed by atoms with Crippen LogP contribution in [0.5, 0.6) is 0 Å². The quantitative estimate of drug-likeness (QED) is 0.807. The molecule has 2 unspecified atom stereocenters. The fraction of sp³-hybridized carbons (Fsp3) is 0.538. The zero-order valence-electron chi connectivity index (χ0n) is 9.76. The molecular formula is C13H20ClN. The first kappa shape index (κ1) is 12.5. The summed E-state index contributed by atoms with van der Waals surface area (Å²) in [5.41, 5.74) is 1.34. The van der Waals surface area contributed by atoms with Crippen LogP contribution in [0, 0.1) is 0 Å². The van der Waals surface area contributed by atoms with E-state index in [0.717, 1.165) is 11.4 Å². The van der Waals surface area contributed by atoms with E-state index in [1.54, 1.807) is 0 Å². The lowest BCUT2D eigenvalue weighted by molar-refractivity contribution is 0.455.